The van der Waals surface area contributed by atoms with Crippen LogP contribution >= 0.6 is 11.3 Å². The second-order valence-electron chi connectivity index (χ2n) is 5.63. The van der Waals surface area contributed by atoms with Gasteiger partial charge in [0.1, 0.15) is 5.69 Å². The Labute approximate surface area is 143 Å². The van der Waals surface area contributed by atoms with Crippen molar-refractivity contribution in [3.8, 4) is 0 Å². The van der Waals surface area contributed by atoms with Gasteiger partial charge >= 0.3 is 0 Å². The second kappa shape index (κ2) is 6.92. The van der Waals surface area contributed by atoms with Crippen molar-refractivity contribution < 1.29 is 14.4 Å². The van der Waals surface area contributed by atoms with Gasteiger partial charge in [0.15, 0.2) is 10.9 Å². The zero-order valence-corrected chi connectivity index (χ0v) is 14.1. The van der Waals surface area contributed by atoms with Crippen LogP contribution in [0.3, 0.4) is 0 Å². The molecule has 24 heavy (non-hydrogen) atoms. The molecule has 2 heterocycles. The van der Waals surface area contributed by atoms with Crippen LogP contribution < -0.4 is 10.2 Å². The minimum atomic E-state index is -0.190. The van der Waals surface area contributed by atoms with Gasteiger partial charge in [-0.25, -0.2) is 4.98 Å². The largest absolute Gasteiger partial charge is 0.312 e. The monoisotopic (exact) mass is 343 g/mol. The van der Waals surface area contributed by atoms with Crippen molar-refractivity contribution in [2.45, 2.75) is 26.2 Å². The van der Waals surface area contributed by atoms with Crippen LogP contribution in [-0.2, 0) is 16.0 Å². The lowest BCUT2D eigenvalue weighted by molar-refractivity contribution is -0.117. The standard InChI is InChI=1S/C17H17N3O3S/c1-11(21)14-10-24-17(18-14)19-15(22)9-12-4-6-13(7-5-12)20-8-2-3-16(20)23/h4-7,10H,2-3,8-9H2,1H3,(H,18,19,22). The van der Waals surface area contributed by atoms with Crippen molar-refractivity contribution in [2.24, 2.45) is 0 Å². The van der Waals surface area contributed by atoms with Gasteiger partial charge in [-0.2, -0.15) is 0 Å². The number of ketones is 1. The molecule has 0 unspecified atom stereocenters. The van der Waals surface area contributed by atoms with Crippen molar-refractivity contribution in [1.82, 2.24) is 4.98 Å². The minimum Gasteiger partial charge on any atom is -0.312 e. The molecule has 6 nitrogen and oxygen atoms in total. The van der Waals surface area contributed by atoms with E-state index in [2.05, 4.69) is 10.3 Å². The van der Waals surface area contributed by atoms with E-state index in [0.29, 0.717) is 17.2 Å². The number of benzene rings is 1. The van der Waals surface area contributed by atoms with Crippen molar-refractivity contribution in [3.63, 3.8) is 0 Å². The molecule has 1 aliphatic heterocycles. The first-order chi connectivity index (χ1) is 11.5. The van der Waals surface area contributed by atoms with Crippen molar-refractivity contribution in [3.05, 3.63) is 40.9 Å². The van der Waals surface area contributed by atoms with E-state index >= 15 is 0 Å². The maximum Gasteiger partial charge on any atom is 0.230 e. The molecule has 0 radical (unpaired) electrons. The van der Waals surface area contributed by atoms with E-state index in [-0.39, 0.29) is 24.0 Å². The number of aromatic nitrogens is 1. The lowest BCUT2D eigenvalue weighted by Crippen LogP contribution is -2.23. The summed E-state index contributed by atoms with van der Waals surface area (Å²) in [4.78, 5) is 40.8. The third kappa shape index (κ3) is 3.68. The van der Waals surface area contributed by atoms with Crippen LogP contribution in [0.15, 0.2) is 29.6 Å². The number of amides is 2. The Morgan fingerprint density at radius 1 is 1.29 bits per heavy atom. The van der Waals surface area contributed by atoms with Gasteiger partial charge in [0, 0.05) is 31.0 Å². The summed E-state index contributed by atoms with van der Waals surface area (Å²) in [6.07, 6.45) is 1.70. The van der Waals surface area contributed by atoms with Crippen molar-refractivity contribution >= 4 is 39.8 Å². The number of hydrogen-bond acceptors (Lipinski definition) is 5. The van der Waals surface area contributed by atoms with Crippen molar-refractivity contribution in [2.75, 3.05) is 16.8 Å². The van der Waals surface area contributed by atoms with Crippen LogP contribution in [-0.4, -0.2) is 29.1 Å². The van der Waals surface area contributed by atoms with Crippen LogP contribution in [0.25, 0.3) is 0 Å². The van der Waals surface area contributed by atoms with Crippen LogP contribution in [0, 0.1) is 0 Å². The number of carbonyl (C=O) groups is 3. The summed E-state index contributed by atoms with van der Waals surface area (Å²) < 4.78 is 0. The molecule has 1 N–H and O–H groups in total. The fourth-order valence-electron chi connectivity index (χ4n) is 2.56. The SMILES string of the molecule is CC(=O)c1csc(NC(=O)Cc2ccc(N3CCCC3=O)cc2)n1. The van der Waals surface area contributed by atoms with E-state index in [1.165, 1.54) is 18.3 Å². The third-order valence-corrected chi connectivity index (χ3v) is 4.56. The zero-order valence-electron chi connectivity index (χ0n) is 13.2. The Hall–Kier alpha value is -2.54. The molecule has 124 valence electrons. The molecule has 1 aromatic carbocycles. The van der Waals surface area contributed by atoms with Crippen LogP contribution in [0.4, 0.5) is 10.8 Å². The van der Waals surface area contributed by atoms with E-state index in [0.717, 1.165) is 24.2 Å². The molecular formula is C17H17N3O3S. The summed E-state index contributed by atoms with van der Waals surface area (Å²) in [5, 5.41) is 4.74. The predicted octanol–water partition coefficient (Wildman–Crippen LogP) is 2.65. The molecule has 0 saturated carbocycles. The van der Waals surface area contributed by atoms with E-state index in [1.54, 1.807) is 10.3 Å². The predicted molar refractivity (Wildman–Crippen MR) is 92.5 cm³/mol. The highest BCUT2D eigenvalue weighted by Crippen LogP contribution is 2.22. The quantitative estimate of drug-likeness (QED) is 0.847. The van der Waals surface area contributed by atoms with Gasteiger partial charge in [-0.05, 0) is 24.1 Å². The Morgan fingerprint density at radius 3 is 2.62 bits per heavy atom. The summed E-state index contributed by atoms with van der Waals surface area (Å²) in [5.41, 5.74) is 2.08. The maximum atomic E-state index is 12.1. The number of carbonyl (C=O) groups excluding carboxylic acids is 3. The average molecular weight is 343 g/mol. The Kier molecular flexibility index (Phi) is 4.71. The molecule has 1 aliphatic rings. The first-order valence-corrected chi connectivity index (χ1v) is 8.56. The highest BCUT2D eigenvalue weighted by atomic mass is 32.1. The molecule has 7 heteroatoms. The topological polar surface area (TPSA) is 79.4 Å². The summed E-state index contributed by atoms with van der Waals surface area (Å²) in [5.74, 6) is -0.172. The molecular weight excluding hydrogens is 326 g/mol. The van der Waals surface area contributed by atoms with Gasteiger partial charge in [0.2, 0.25) is 11.8 Å². The molecule has 2 aromatic rings. The average Bonchev–Trinajstić information content (AvgIpc) is 3.17. The fraction of sp³-hybridized carbons (Fsp3) is 0.294. The molecule has 0 bridgehead atoms. The molecule has 2 amide bonds. The summed E-state index contributed by atoms with van der Waals surface area (Å²) in [7, 11) is 0. The van der Waals surface area contributed by atoms with E-state index in [9.17, 15) is 14.4 Å². The Morgan fingerprint density at radius 2 is 2.04 bits per heavy atom. The third-order valence-electron chi connectivity index (χ3n) is 3.80. The normalized spacial score (nSPS) is 14.0. The summed E-state index contributed by atoms with van der Waals surface area (Å²) >= 11 is 1.23. The summed E-state index contributed by atoms with van der Waals surface area (Å²) in [6, 6.07) is 7.43. The van der Waals surface area contributed by atoms with Crippen LogP contribution in [0.2, 0.25) is 0 Å². The summed E-state index contributed by atoms with van der Waals surface area (Å²) in [6.45, 7) is 2.19. The molecule has 1 saturated heterocycles. The van der Waals surface area contributed by atoms with E-state index in [4.69, 9.17) is 0 Å². The number of hydrogen-bond donors (Lipinski definition) is 1. The number of rotatable bonds is 5. The first-order valence-electron chi connectivity index (χ1n) is 7.68. The van der Waals surface area contributed by atoms with Gasteiger partial charge in [-0.3, -0.25) is 14.4 Å². The van der Waals surface area contributed by atoms with E-state index in [1.807, 2.05) is 24.3 Å². The Bertz CT molecular complexity index is 783. The molecule has 0 atom stereocenters. The number of thiazole rings is 1. The maximum absolute atomic E-state index is 12.1. The number of nitrogens with one attached hydrogen (secondary N) is 1. The Balaban J connectivity index is 1.59. The van der Waals surface area contributed by atoms with Gasteiger partial charge < -0.3 is 10.2 Å². The van der Waals surface area contributed by atoms with Gasteiger partial charge in [-0.15, -0.1) is 11.3 Å². The molecule has 1 aromatic heterocycles. The minimum absolute atomic E-state index is 0.126. The van der Waals surface area contributed by atoms with Crippen LogP contribution in [0.1, 0.15) is 35.8 Å². The molecule has 0 spiro atoms. The smallest absolute Gasteiger partial charge is 0.230 e. The van der Waals surface area contributed by atoms with Gasteiger partial charge in [0.25, 0.3) is 0 Å². The molecule has 3 rings (SSSR count). The molecule has 0 aliphatic carbocycles. The van der Waals surface area contributed by atoms with Gasteiger partial charge in [0.05, 0.1) is 6.42 Å². The number of nitrogens with zero attached hydrogens (tertiary/aromatic N) is 2. The highest BCUT2D eigenvalue weighted by Gasteiger charge is 2.21. The van der Waals surface area contributed by atoms with Gasteiger partial charge in [-0.1, -0.05) is 12.1 Å². The fourth-order valence-corrected chi connectivity index (χ4v) is 3.32. The first kappa shape index (κ1) is 16.3. The lowest BCUT2D eigenvalue weighted by atomic mass is 10.1. The van der Waals surface area contributed by atoms with Crippen molar-refractivity contribution in [1.29, 1.82) is 0 Å². The van der Waals surface area contributed by atoms with E-state index < -0.39 is 0 Å². The lowest BCUT2D eigenvalue weighted by Gasteiger charge is -2.15. The molecule has 1 fully saturated rings. The van der Waals surface area contributed by atoms with Crippen LogP contribution in [0.5, 0.6) is 0 Å². The second-order valence-corrected chi connectivity index (χ2v) is 6.49. The highest BCUT2D eigenvalue weighted by molar-refractivity contribution is 7.14. The number of anilines is 2. The zero-order chi connectivity index (χ0) is 17.1. The number of Topliss-reactive ketones (excluding diaryl/α,β-unsaturated/α-hetero) is 1.